The van der Waals surface area contributed by atoms with Crippen LogP contribution < -0.4 is 5.32 Å². The van der Waals surface area contributed by atoms with Crippen LogP contribution in [0.15, 0.2) is 18.2 Å². The quantitative estimate of drug-likeness (QED) is 0.895. The average molecular weight is 308 g/mol. The summed E-state index contributed by atoms with van der Waals surface area (Å²) in [6.45, 7) is 6.85. The molecule has 1 aromatic heterocycles. The number of hydrogen-bond acceptors (Lipinski definition) is 3. The first-order valence-electron chi connectivity index (χ1n) is 7.03. The van der Waals surface area contributed by atoms with Gasteiger partial charge in [0.2, 0.25) is 0 Å². The molecule has 0 saturated heterocycles. The molecule has 0 saturated carbocycles. The van der Waals surface area contributed by atoms with E-state index in [1.54, 1.807) is 12.1 Å². The molecule has 0 unspecified atom stereocenters. The van der Waals surface area contributed by atoms with E-state index >= 15 is 0 Å². The van der Waals surface area contributed by atoms with Gasteiger partial charge in [0.1, 0.15) is 17.5 Å². The fraction of sp³-hybridized carbons (Fsp3) is 0.375. The highest BCUT2D eigenvalue weighted by Gasteiger charge is 2.12. The van der Waals surface area contributed by atoms with Gasteiger partial charge in [-0.3, -0.25) is 0 Å². The molecule has 1 aromatic carbocycles. The molecule has 0 aliphatic heterocycles. The monoisotopic (exact) mass is 307 g/mol. The molecule has 0 aliphatic carbocycles. The van der Waals surface area contributed by atoms with Crippen molar-refractivity contribution in [3.05, 3.63) is 51.7 Å². The van der Waals surface area contributed by atoms with Crippen LogP contribution in [0, 0.1) is 19.7 Å². The maximum absolute atomic E-state index is 13.9. The summed E-state index contributed by atoms with van der Waals surface area (Å²) < 4.78 is 13.9. The Bertz CT molecular complexity index is 623. The lowest BCUT2D eigenvalue weighted by molar-refractivity contribution is 0.612. The van der Waals surface area contributed by atoms with Crippen LogP contribution in [0.1, 0.15) is 36.0 Å². The first-order valence-corrected chi connectivity index (χ1v) is 7.41. The summed E-state index contributed by atoms with van der Waals surface area (Å²) >= 11 is 6.06. The van der Waals surface area contributed by atoms with Gasteiger partial charge in [-0.25, -0.2) is 14.4 Å². The summed E-state index contributed by atoms with van der Waals surface area (Å²) in [6, 6.07) is 4.67. The summed E-state index contributed by atoms with van der Waals surface area (Å²) in [5, 5.41) is 3.68. The average Bonchev–Trinajstić information content (AvgIpc) is 2.45. The molecule has 2 aromatic rings. The fourth-order valence-electron chi connectivity index (χ4n) is 2.04. The standard InChI is InChI=1S/C16H19ClFN3/c1-4-8-19-16-10(2)11(3)20-15(21-16)9-12-13(17)6-5-7-14(12)18/h5-7H,4,8-9H2,1-3H3,(H,19,20,21). The number of halogens is 2. The zero-order valence-corrected chi connectivity index (χ0v) is 13.3. The Kier molecular flexibility index (Phi) is 5.12. The third-order valence-electron chi connectivity index (χ3n) is 3.37. The van der Waals surface area contributed by atoms with Crippen molar-refractivity contribution in [1.82, 2.24) is 9.97 Å². The zero-order chi connectivity index (χ0) is 15.4. The highest BCUT2D eigenvalue weighted by molar-refractivity contribution is 6.31. The molecule has 3 nitrogen and oxygen atoms in total. The first kappa shape index (κ1) is 15.7. The molecule has 21 heavy (non-hydrogen) atoms. The number of anilines is 1. The van der Waals surface area contributed by atoms with E-state index in [2.05, 4.69) is 22.2 Å². The molecule has 0 aliphatic rings. The molecule has 0 bridgehead atoms. The molecule has 5 heteroatoms. The lowest BCUT2D eigenvalue weighted by Crippen LogP contribution is -2.10. The minimum Gasteiger partial charge on any atom is -0.370 e. The van der Waals surface area contributed by atoms with Crippen molar-refractivity contribution < 1.29 is 4.39 Å². The normalized spacial score (nSPS) is 10.7. The Hall–Kier alpha value is -1.68. The molecule has 0 fully saturated rings. The third-order valence-corrected chi connectivity index (χ3v) is 3.73. The Morgan fingerprint density at radius 2 is 2.00 bits per heavy atom. The summed E-state index contributed by atoms with van der Waals surface area (Å²) in [5.74, 6) is 1.06. The predicted octanol–water partition coefficient (Wildman–Crippen LogP) is 4.30. The molecular weight excluding hydrogens is 289 g/mol. The van der Waals surface area contributed by atoms with E-state index in [-0.39, 0.29) is 12.2 Å². The minimum absolute atomic E-state index is 0.285. The Balaban J connectivity index is 2.34. The smallest absolute Gasteiger partial charge is 0.135 e. The summed E-state index contributed by atoms with van der Waals surface area (Å²) in [5.41, 5.74) is 2.35. The van der Waals surface area contributed by atoms with Crippen molar-refractivity contribution in [2.45, 2.75) is 33.6 Å². The van der Waals surface area contributed by atoms with E-state index in [0.717, 1.165) is 30.0 Å². The number of aryl methyl sites for hydroxylation is 1. The van der Waals surface area contributed by atoms with Gasteiger partial charge in [-0.15, -0.1) is 0 Å². The molecule has 0 atom stereocenters. The third kappa shape index (κ3) is 3.70. The maximum Gasteiger partial charge on any atom is 0.135 e. The van der Waals surface area contributed by atoms with Crippen molar-refractivity contribution in [2.24, 2.45) is 0 Å². The zero-order valence-electron chi connectivity index (χ0n) is 12.5. The van der Waals surface area contributed by atoms with Crippen LogP contribution in [0.5, 0.6) is 0 Å². The molecule has 112 valence electrons. The largest absolute Gasteiger partial charge is 0.370 e. The number of nitrogens with one attached hydrogen (secondary N) is 1. The van der Waals surface area contributed by atoms with Gasteiger partial charge in [0, 0.05) is 34.8 Å². The van der Waals surface area contributed by atoms with E-state index in [9.17, 15) is 4.39 Å². The van der Waals surface area contributed by atoms with Gasteiger partial charge < -0.3 is 5.32 Å². The Morgan fingerprint density at radius 1 is 1.24 bits per heavy atom. The van der Waals surface area contributed by atoms with Gasteiger partial charge in [-0.2, -0.15) is 0 Å². The highest BCUT2D eigenvalue weighted by Crippen LogP contribution is 2.23. The van der Waals surface area contributed by atoms with Crippen LogP contribution in [-0.4, -0.2) is 16.5 Å². The van der Waals surface area contributed by atoms with Gasteiger partial charge in [0.05, 0.1) is 0 Å². The molecule has 0 amide bonds. The van der Waals surface area contributed by atoms with Crippen molar-refractivity contribution >= 4 is 17.4 Å². The first-order chi connectivity index (χ1) is 10.0. The Labute approximate surface area is 129 Å². The second-order valence-electron chi connectivity index (χ2n) is 5.00. The van der Waals surface area contributed by atoms with Crippen LogP contribution in [0.3, 0.4) is 0 Å². The number of aromatic nitrogens is 2. The molecular formula is C16H19ClFN3. The number of benzene rings is 1. The van der Waals surface area contributed by atoms with Crippen molar-refractivity contribution in [3.8, 4) is 0 Å². The van der Waals surface area contributed by atoms with Gasteiger partial charge in [0.15, 0.2) is 0 Å². The van der Waals surface area contributed by atoms with Crippen molar-refractivity contribution in [1.29, 1.82) is 0 Å². The molecule has 0 radical (unpaired) electrons. The van der Waals surface area contributed by atoms with Crippen LogP contribution in [0.2, 0.25) is 5.02 Å². The predicted molar refractivity (Wildman–Crippen MR) is 84.5 cm³/mol. The summed E-state index contributed by atoms with van der Waals surface area (Å²) in [4.78, 5) is 8.94. The maximum atomic E-state index is 13.9. The molecule has 0 spiro atoms. The van der Waals surface area contributed by atoms with Gasteiger partial charge in [0.25, 0.3) is 0 Å². The van der Waals surface area contributed by atoms with Crippen LogP contribution >= 0.6 is 11.6 Å². The highest BCUT2D eigenvalue weighted by atomic mass is 35.5. The lowest BCUT2D eigenvalue weighted by Gasteiger charge is -2.12. The number of nitrogens with zero attached hydrogens (tertiary/aromatic N) is 2. The number of hydrogen-bond donors (Lipinski definition) is 1. The second kappa shape index (κ2) is 6.85. The summed E-state index contributed by atoms with van der Waals surface area (Å²) in [7, 11) is 0. The van der Waals surface area contributed by atoms with Gasteiger partial charge in [-0.1, -0.05) is 24.6 Å². The minimum atomic E-state index is -0.326. The van der Waals surface area contributed by atoms with E-state index in [0.29, 0.717) is 16.4 Å². The topological polar surface area (TPSA) is 37.8 Å². The van der Waals surface area contributed by atoms with Crippen molar-refractivity contribution in [2.75, 3.05) is 11.9 Å². The number of rotatable bonds is 5. The van der Waals surface area contributed by atoms with Crippen molar-refractivity contribution in [3.63, 3.8) is 0 Å². The van der Waals surface area contributed by atoms with E-state index in [1.807, 2.05) is 13.8 Å². The van der Waals surface area contributed by atoms with Crippen LogP contribution in [0.25, 0.3) is 0 Å². The van der Waals surface area contributed by atoms with Crippen LogP contribution in [0.4, 0.5) is 10.2 Å². The van der Waals surface area contributed by atoms with E-state index in [4.69, 9.17) is 11.6 Å². The molecule has 2 rings (SSSR count). The summed E-state index contributed by atoms with van der Waals surface area (Å²) in [6.07, 6.45) is 1.30. The van der Waals surface area contributed by atoms with Gasteiger partial charge >= 0.3 is 0 Å². The van der Waals surface area contributed by atoms with E-state index in [1.165, 1.54) is 6.07 Å². The SMILES string of the molecule is CCCNc1nc(Cc2c(F)cccc2Cl)nc(C)c1C. The Morgan fingerprint density at radius 3 is 2.67 bits per heavy atom. The van der Waals surface area contributed by atoms with Crippen LogP contribution in [-0.2, 0) is 6.42 Å². The fourth-order valence-corrected chi connectivity index (χ4v) is 2.27. The second-order valence-corrected chi connectivity index (χ2v) is 5.41. The van der Waals surface area contributed by atoms with Gasteiger partial charge in [-0.05, 0) is 32.4 Å². The molecule has 1 N–H and O–H groups in total. The van der Waals surface area contributed by atoms with E-state index < -0.39 is 0 Å². The molecule has 1 heterocycles. The lowest BCUT2D eigenvalue weighted by atomic mass is 10.1.